The van der Waals surface area contributed by atoms with Gasteiger partial charge < -0.3 is 10.1 Å². The molecule has 0 unspecified atom stereocenters. The molecule has 3 rings (SSSR count). The molecule has 28 heavy (non-hydrogen) atoms. The van der Waals surface area contributed by atoms with Crippen LogP contribution in [0.15, 0.2) is 24.3 Å². The summed E-state index contributed by atoms with van der Waals surface area (Å²) in [7, 11) is 0. The smallest absolute Gasteiger partial charge is 0.234 e. The number of aryl methyl sites for hydroxylation is 1. The zero-order chi connectivity index (χ0) is 20.0. The summed E-state index contributed by atoms with van der Waals surface area (Å²) in [6.45, 7) is 16.1. The normalized spacial score (nSPS) is 20.2. The molecular formula is C22H36N4O2. The molecule has 6 nitrogen and oxygen atoms in total. The van der Waals surface area contributed by atoms with Gasteiger partial charge in [0.25, 0.3) is 0 Å². The number of morpholine rings is 1. The van der Waals surface area contributed by atoms with Crippen molar-refractivity contribution in [3.05, 3.63) is 35.4 Å². The van der Waals surface area contributed by atoms with Crippen LogP contribution in [-0.4, -0.2) is 91.7 Å². The van der Waals surface area contributed by atoms with E-state index in [4.69, 9.17) is 4.74 Å². The maximum absolute atomic E-state index is 12.4. The van der Waals surface area contributed by atoms with Crippen LogP contribution in [0.4, 0.5) is 0 Å². The van der Waals surface area contributed by atoms with E-state index in [0.717, 1.165) is 59.0 Å². The van der Waals surface area contributed by atoms with Crippen LogP contribution in [0.25, 0.3) is 0 Å². The van der Waals surface area contributed by atoms with Gasteiger partial charge in [-0.25, -0.2) is 0 Å². The van der Waals surface area contributed by atoms with E-state index in [-0.39, 0.29) is 11.4 Å². The number of benzene rings is 1. The fourth-order valence-electron chi connectivity index (χ4n) is 4.03. The number of hydrogen-bond acceptors (Lipinski definition) is 5. The fraction of sp³-hybridized carbons (Fsp3) is 0.682. The Morgan fingerprint density at radius 1 is 1.07 bits per heavy atom. The zero-order valence-corrected chi connectivity index (χ0v) is 17.7. The summed E-state index contributed by atoms with van der Waals surface area (Å²) in [5.41, 5.74) is 2.65. The Morgan fingerprint density at radius 3 is 2.43 bits per heavy atom. The van der Waals surface area contributed by atoms with Crippen LogP contribution in [-0.2, 0) is 16.1 Å². The van der Waals surface area contributed by atoms with Crippen molar-refractivity contribution in [2.24, 2.45) is 0 Å². The minimum absolute atomic E-state index is 0.0358. The predicted octanol–water partition coefficient (Wildman–Crippen LogP) is 1.34. The van der Waals surface area contributed by atoms with Crippen molar-refractivity contribution in [1.82, 2.24) is 20.0 Å². The molecule has 0 aromatic heterocycles. The fourth-order valence-corrected chi connectivity index (χ4v) is 4.03. The van der Waals surface area contributed by atoms with Gasteiger partial charge in [0.15, 0.2) is 0 Å². The number of piperazine rings is 1. The van der Waals surface area contributed by atoms with E-state index in [9.17, 15) is 4.79 Å². The van der Waals surface area contributed by atoms with Crippen molar-refractivity contribution in [3.8, 4) is 0 Å². The zero-order valence-electron chi connectivity index (χ0n) is 17.7. The van der Waals surface area contributed by atoms with E-state index in [1.807, 2.05) is 0 Å². The highest BCUT2D eigenvalue weighted by atomic mass is 16.5. The predicted molar refractivity (Wildman–Crippen MR) is 112 cm³/mol. The Hall–Kier alpha value is -1.47. The van der Waals surface area contributed by atoms with Crippen LogP contribution in [0.2, 0.25) is 0 Å². The van der Waals surface area contributed by atoms with Gasteiger partial charge >= 0.3 is 0 Å². The first-order valence-corrected chi connectivity index (χ1v) is 10.5. The Labute approximate surface area is 169 Å². The number of ether oxygens (including phenoxy) is 1. The van der Waals surface area contributed by atoms with Crippen LogP contribution in [0.1, 0.15) is 25.0 Å². The van der Waals surface area contributed by atoms with Crippen LogP contribution >= 0.6 is 0 Å². The van der Waals surface area contributed by atoms with Crippen molar-refractivity contribution in [3.63, 3.8) is 0 Å². The molecule has 2 fully saturated rings. The molecule has 0 atom stereocenters. The van der Waals surface area contributed by atoms with E-state index in [1.54, 1.807) is 0 Å². The second-order valence-corrected chi connectivity index (χ2v) is 8.73. The lowest BCUT2D eigenvalue weighted by Gasteiger charge is -2.41. The topological polar surface area (TPSA) is 48.0 Å². The number of carbonyl (C=O) groups is 1. The number of hydrogen-bond donors (Lipinski definition) is 1. The van der Waals surface area contributed by atoms with E-state index < -0.39 is 0 Å². The third-order valence-corrected chi connectivity index (χ3v) is 5.91. The van der Waals surface area contributed by atoms with Crippen LogP contribution in [0.3, 0.4) is 0 Å². The van der Waals surface area contributed by atoms with Crippen molar-refractivity contribution in [1.29, 1.82) is 0 Å². The van der Waals surface area contributed by atoms with Gasteiger partial charge in [-0.3, -0.25) is 19.5 Å². The van der Waals surface area contributed by atoms with Crippen LogP contribution < -0.4 is 5.32 Å². The van der Waals surface area contributed by atoms with Crippen LogP contribution in [0, 0.1) is 6.92 Å². The second-order valence-electron chi connectivity index (χ2n) is 8.73. The van der Waals surface area contributed by atoms with Gasteiger partial charge in [0.05, 0.1) is 19.8 Å². The monoisotopic (exact) mass is 388 g/mol. The first-order valence-electron chi connectivity index (χ1n) is 10.5. The average molecular weight is 389 g/mol. The molecule has 0 aliphatic carbocycles. The molecular weight excluding hydrogens is 352 g/mol. The minimum Gasteiger partial charge on any atom is -0.379 e. The number of rotatable bonds is 7. The van der Waals surface area contributed by atoms with Crippen molar-refractivity contribution < 1.29 is 9.53 Å². The van der Waals surface area contributed by atoms with Gasteiger partial charge in [-0.05, 0) is 26.3 Å². The molecule has 1 aromatic rings. The molecule has 1 amide bonds. The summed E-state index contributed by atoms with van der Waals surface area (Å²) in [5, 5.41) is 3.15. The first kappa shape index (κ1) is 21.2. The van der Waals surface area contributed by atoms with Crippen molar-refractivity contribution >= 4 is 5.91 Å². The van der Waals surface area contributed by atoms with E-state index in [0.29, 0.717) is 13.1 Å². The maximum atomic E-state index is 12.4. The van der Waals surface area contributed by atoms with Gasteiger partial charge in [0.1, 0.15) is 0 Å². The third-order valence-electron chi connectivity index (χ3n) is 5.91. The molecule has 0 bridgehead atoms. The lowest BCUT2D eigenvalue weighted by atomic mass is 10.0. The summed E-state index contributed by atoms with van der Waals surface area (Å²) >= 11 is 0. The summed E-state index contributed by atoms with van der Waals surface area (Å²) in [6, 6.07) is 8.73. The minimum atomic E-state index is -0.0358. The summed E-state index contributed by atoms with van der Waals surface area (Å²) in [4.78, 5) is 19.6. The molecule has 0 radical (unpaired) electrons. The van der Waals surface area contributed by atoms with Gasteiger partial charge in [-0.15, -0.1) is 0 Å². The molecule has 2 aliphatic rings. The quantitative estimate of drug-likeness (QED) is 0.764. The van der Waals surface area contributed by atoms with E-state index in [2.05, 4.69) is 65.1 Å². The number of amides is 1. The lowest BCUT2D eigenvalue weighted by molar-refractivity contribution is -0.123. The standard InChI is InChI=1S/C22H36N4O2/c1-19-5-4-6-20(15-19)16-24-7-9-25(10-8-24)17-21(27)23-18-22(2,3)26-11-13-28-14-12-26/h4-6,15H,7-14,16-18H2,1-3H3,(H,23,27). The Kier molecular flexibility index (Phi) is 7.46. The molecule has 1 N–H and O–H groups in total. The Bertz CT molecular complexity index is 635. The summed E-state index contributed by atoms with van der Waals surface area (Å²) in [6.07, 6.45) is 0. The molecule has 2 heterocycles. The average Bonchev–Trinajstić information content (AvgIpc) is 2.69. The molecule has 0 saturated carbocycles. The Morgan fingerprint density at radius 2 is 1.75 bits per heavy atom. The van der Waals surface area contributed by atoms with E-state index >= 15 is 0 Å². The lowest BCUT2D eigenvalue weighted by Crippen LogP contribution is -2.56. The largest absolute Gasteiger partial charge is 0.379 e. The molecule has 1 aromatic carbocycles. The third kappa shape index (κ3) is 6.27. The van der Waals surface area contributed by atoms with Gasteiger partial charge in [-0.1, -0.05) is 29.8 Å². The first-order chi connectivity index (χ1) is 13.4. The highest BCUT2D eigenvalue weighted by Gasteiger charge is 2.29. The summed E-state index contributed by atoms with van der Waals surface area (Å²) in [5.74, 6) is 0.133. The second kappa shape index (κ2) is 9.83. The molecule has 156 valence electrons. The maximum Gasteiger partial charge on any atom is 0.234 e. The number of nitrogens with zero attached hydrogens (tertiary/aromatic N) is 3. The molecule has 2 aliphatic heterocycles. The number of nitrogens with one attached hydrogen (secondary N) is 1. The highest BCUT2D eigenvalue weighted by Crippen LogP contribution is 2.15. The van der Waals surface area contributed by atoms with Crippen molar-refractivity contribution in [2.45, 2.75) is 32.9 Å². The van der Waals surface area contributed by atoms with Gasteiger partial charge in [0.2, 0.25) is 5.91 Å². The van der Waals surface area contributed by atoms with Crippen molar-refractivity contribution in [2.75, 3.05) is 65.6 Å². The number of carbonyl (C=O) groups excluding carboxylic acids is 1. The molecule has 0 spiro atoms. The van der Waals surface area contributed by atoms with Gasteiger partial charge in [-0.2, -0.15) is 0 Å². The van der Waals surface area contributed by atoms with Crippen LogP contribution in [0.5, 0.6) is 0 Å². The Balaban J connectivity index is 1.36. The molecule has 6 heteroatoms. The van der Waals surface area contributed by atoms with Gasteiger partial charge in [0, 0.05) is 57.9 Å². The molecule has 2 saturated heterocycles. The SMILES string of the molecule is Cc1cccc(CN2CCN(CC(=O)NCC(C)(C)N3CCOCC3)CC2)c1. The highest BCUT2D eigenvalue weighted by molar-refractivity contribution is 5.78. The van der Waals surface area contributed by atoms with E-state index in [1.165, 1.54) is 11.1 Å². The summed E-state index contributed by atoms with van der Waals surface area (Å²) < 4.78 is 5.43.